The van der Waals surface area contributed by atoms with E-state index < -0.39 is 10.7 Å². The Morgan fingerprint density at radius 2 is 2.25 bits per heavy atom. The first-order valence-electron chi connectivity index (χ1n) is 6.18. The van der Waals surface area contributed by atoms with Crippen molar-refractivity contribution >= 4 is 11.4 Å². The Morgan fingerprint density at radius 1 is 1.50 bits per heavy atom. The van der Waals surface area contributed by atoms with E-state index in [0.29, 0.717) is 6.54 Å². The van der Waals surface area contributed by atoms with E-state index in [0.717, 1.165) is 11.6 Å². The molecule has 0 saturated carbocycles. The number of nitrogens with one attached hydrogen (secondary N) is 1. The number of aromatic nitrogens is 2. The fraction of sp³-hybridized carbons (Fsp3) is 0.308. The number of rotatable bonds is 5. The second-order valence-corrected chi connectivity index (χ2v) is 4.70. The summed E-state index contributed by atoms with van der Waals surface area (Å²) in [7, 11) is 0. The summed E-state index contributed by atoms with van der Waals surface area (Å²) in [5, 5.41) is 17.6. The molecule has 20 heavy (non-hydrogen) atoms. The lowest BCUT2D eigenvalue weighted by molar-refractivity contribution is -0.385. The number of nitro groups is 1. The summed E-state index contributed by atoms with van der Waals surface area (Å²) in [5.74, 6) is -0.643. The summed E-state index contributed by atoms with van der Waals surface area (Å²) < 4.78 is 15.5. The van der Waals surface area contributed by atoms with Gasteiger partial charge in [-0.3, -0.25) is 14.8 Å². The molecule has 106 valence electrons. The molecule has 6 nitrogen and oxygen atoms in total. The Balaban J connectivity index is 2.05. The van der Waals surface area contributed by atoms with E-state index >= 15 is 0 Å². The molecule has 0 aliphatic heterocycles. The molecule has 1 N–H and O–H groups in total. The average molecular weight is 278 g/mol. The van der Waals surface area contributed by atoms with Crippen molar-refractivity contribution in [1.29, 1.82) is 0 Å². The van der Waals surface area contributed by atoms with Crippen LogP contribution < -0.4 is 5.32 Å². The van der Waals surface area contributed by atoms with Crippen molar-refractivity contribution in [3.63, 3.8) is 0 Å². The van der Waals surface area contributed by atoms with E-state index in [9.17, 15) is 14.5 Å². The van der Waals surface area contributed by atoms with E-state index in [4.69, 9.17) is 0 Å². The molecular formula is C13H15FN4O2. The summed E-state index contributed by atoms with van der Waals surface area (Å²) >= 11 is 0. The van der Waals surface area contributed by atoms with Crippen LogP contribution in [0.1, 0.15) is 25.5 Å². The molecule has 0 spiro atoms. The fourth-order valence-electron chi connectivity index (χ4n) is 1.71. The van der Waals surface area contributed by atoms with Gasteiger partial charge < -0.3 is 5.32 Å². The lowest BCUT2D eigenvalue weighted by Gasteiger charge is -2.06. The molecule has 0 bridgehead atoms. The standard InChI is InChI=1S/C13H15FN4O2/c1-9(2)17-8-10(7-16-17)6-15-13-4-3-11(18(19)20)5-12(13)14/h3-5,7-9,15H,6H2,1-2H3. The molecule has 0 aliphatic carbocycles. The van der Waals surface area contributed by atoms with Crippen LogP contribution in [0.4, 0.5) is 15.8 Å². The topological polar surface area (TPSA) is 73.0 Å². The number of anilines is 1. The van der Waals surface area contributed by atoms with Gasteiger partial charge in [0.1, 0.15) is 0 Å². The molecule has 0 radical (unpaired) electrons. The summed E-state index contributed by atoms with van der Waals surface area (Å²) in [6, 6.07) is 3.79. The third-order valence-corrected chi connectivity index (χ3v) is 2.83. The molecule has 0 unspecified atom stereocenters. The van der Waals surface area contributed by atoms with E-state index in [2.05, 4.69) is 10.4 Å². The van der Waals surface area contributed by atoms with Gasteiger partial charge in [0.2, 0.25) is 0 Å². The number of non-ortho nitro benzene ring substituents is 1. The smallest absolute Gasteiger partial charge is 0.272 e. The van der Waals surface area contributed by atoms with Crippen LogP contribution in [0, 0.1) is 15.9 Å². The third-order valence-electron chi connectivity index (χ3n) is 2.83. The van der Waals surface area contributed by atoms with Gasteiger partial charge in [0, 0.05) is 30.4 Å². The minimum Gasteiger partial charge on any atom is -0.378 e. The van der Waals surface area contributed by atoms with Crippen LogP contribution in [0.15, 0.2) is 30.6 Å². The molecule has 0 atom stereocenters. The summed E-state index contributed by atoms with van der Waals surface area (Å²) in [6.07, 6.45) is 3.58. The van der Waals surface area contributed by atoms with Crippen LogP contribution in [0.2, 0.25) is 0 Å². The quantitative estimate of drug-likeness (QED) is 0.673. The molecule has 1 heterocycles. The summed E-state index contributed by atoms with van der Waals surface area (Å²) in [5.41, 5.74) is 0.880. The zero-order valence-electron chi connectivity index (χ0n) is 11.2. The van der Waals surface area contributed by atoms with E-state index in [1.54, 1.807) is 6.20 Å². The predicted molar refractivity (Wildman–Crippen MR) is 73.0 cm³/mol. The van der Waals surface area contributed by atoms with Gasteiger partial charge in [-0.15, -0.1) is 0 Å². The zero-order chi connectivity index (χ0) is 14.7. The van der Waals surface area contributed by atoms with Gasteiger partial charge in [-0.05, 0) is 19.9 Å². The highest BCUT2D eigenvalue weighted by atomic mass is 19.1. The maximum Gasteiger partial charge on any atom is 0.272 e. The monoisotopic (exact) mass is 278 g/mol. The first-order chi connectivity index (χ1) is 9.47. The van der Waals surface area contributed by atoms with Gasteiger partial charge in [0.15, 0.2) is 5.82 Å². The number of halogens is 1. The molecule has 0 saturated heterocycles. The SMILES string of the molecule is CC(C)n1cc(CNc2ccc([N+](=O)[O-])cc2F)cn1. The highest BCUT2D eigenvalue weighted by Crippen LogP contribution is 2.21. The molecule has 2 rings (SSSR count). The second-order valence-electron chi connectivity index (χ2n) is 4.70. The van der Waals surface area contributed by atoms with Crippen LogP contribution in [-0.4, -0.2) is 14.7 Å². The maximum atomic E-state index is 13.7. The Morgan fingerprint density at radius 3 is 2.80 bits per heavy atom. The van der Waals surface area contributed by atoms with Crippen LogP contribution in [0.25, 0.3) is 0 Å². The fourth-order valence-corrected chi connectivity index (χ4v) is 1.71. The Labute approximate surface area is 115 Å². The van der Waals surface area contributed by atoms with Gasteiger partial charge in [-0.25, -0.2) is 4.39 Å². The predicted octanol–water partition coefficient (Wildman–Crippen LogP) is 3.12. The van der Waals surface area contributed by atoms with Crippen LogP contribution in [0.3, 0.4) is 0 Å². The normalized spacial score (nSPS) is 10.8. The van der Waals surface area contributed by atoms with Gasteiger partial charge in [-0.1, -0.05) is 0 Å². The van der Waals surface area contributed by atoms with Gasteiger partial charge >= 0.3 is 0 Å². The first-order valence-corrected chi connectivity index (χ1v) is 6.18. The molecule has 0 fully saturated rings. The highest BCUT2D eigenvalue weighted by Gasteiger charge is 2.10. The summed E-state index contributed by atoms with van der Waals surface area (Å²) in [4.78, 5) is 9.89. The molecule has 7 heteroatoms. The molecule has 1 aromatic heterocycles. The van der Waals surface area contributed by atoms with E-state index in [-0.39, 0.29) is 17.4 Å². The van der Waals surface area contributed by atoms with Crippen LogP contribution >= 0.6 is 0 Å². The second kappa shape index (κ2) is 5.68. The van der Waals surface area contributed by atoms with Crippen LogP contribution in [-0.2, 0) is 6.54 Å². The third kappa shape index (κ3) is 3.11. The van der Waals surface area contributed by atoms with Crippen LogP contribution in [0.5, 0.6) is 0 Å². The highest BCUT2D eigenvalue weighted by molar-refractivity contribution is 5.50. The Hall–Kier alpha value is -2.44. The maximum absolute atomic E-state index is 13.7. The van der Waals surface area contributed by atoms with Crippen molar-refractivity contribution in [1.82, 2.24) is 9.78 Å². The number of nitrogens with zero attached hydrogens (tertiary/aromatic N) is 3. The van der Waals surface area contributed by atoms with Crippen molar-refractivity contribution in [2.75, 3.05) is 5.32 Å². The lowest BCUT2D eigenvalue weighted by atomic mass is 10.2. The van der Waals surface area contributed by atoms with E-state index in [1.807, 2.05) is 24.7 Å². The molecule has 0 aliphatic rings. The van der Waals surface area contributed by atoms with Gasteiger partial charge in [-0.2, -0.15) is 5.10 Å². The molecule has 0 amide bonds. The zero-order valence-corrected chi connectivity index (χ0v) is 11.2. The minimum atomic E-state index is -0.643. The number of benzene rings is 1. The number of hydrogen-bond donors (Lipinski definition) is 1. The molecule has 1 aromatic carbocycles. The lowest BCUT2D eigenvalue weighted by Crippen LogP contribution is -2.02. The van der Waals surface area contributed by atoms with Gasteiger partial charge in [0.05, 0.1) is 22.9 Å². The Bertz CT molecular complexity index is 625. The largest absolute Gasteiger partial charge is 0.378 e. The number of nitro benzene ring substituents is 1. The van der Waals surface area contributed by atoms with Crippen molar-refractivity contribution in [3.05, 3.63) is 52.1 Å². The average Bonchev–Trinajstić information content (AvgIpc) is 2.86. The Kier molecular flexibility index (Phi) is 3.97. The van der Waals surface area contributed by atoms with Crippen molar-refractivity contribution in [3.8, 4) is 0 Å². The molecule has 2 aromatic rings. The van der Waals surface area contributed by atoms with Crippen molar-refractivity contribution in [2.45, 2.75) is 26.4 Å². The van der Waals surface area contributed by atoms with E-state index in [1.165, 1.54) is 12.1 Å². The van der Waals surface area contributed by atoms with Gasteiger partial charge in [0.25, 0.3) is 5.69 Å². The van der Waals surface area contributed by atoms with Crippen molar-refractivity contribution < 1.29 is 9.31 Å². The molecular weight excluding hydrogens is 263 g/mol. The number of hydrogen-bond acceptors (Lipinski definition) is 4. The summed E-state index contributed by atoms with van der Waals surface area (Å²) in [6.45, 7) is 4.43. The minimum absolute atomic E-state index is 0.230. The van der Waals surface area contributed by atoms with Crippen molar-refractivity contribution in [2.24, 2.45) is 0 Å². The first kappa shape index (κ1) is 14.0.